The molecule has 5 nitrogen and oxygen atoms in total. The number of nitrogens with zero attached hydrogens (tertiary/aromatic N) is 2. The molecule has 1 saturated heterocycles. The molecule has 1 aromatic heterocycles. The maximum atomic E-state index is 12.3. The van der Waals surface area contributed by atoms with Crippen LogP contribution in [0.2, 0.25) is 0 Å². The highest BCUT2D eigenvalue weighted by atomic mass is 16.6. The summed E-state index contributed by atoms with van der Waals surface area (Å²) in [6.45, 7) is 6.18. The van der Waals surface area contributed by atoms with Crippen LogP contribution in [-0.4, -0.2) is 55.5 Å². The van der Waals surface area contributed by atoms with Crippen LogP contribution in [0.1, 0.15) is 36.2 Å². The molecule has 0 aromatic carbocycles. The van der Waals surface area contributed by atoms with E-state index in [1.165, 1.54) is 0 Å². The number of furan rings is 1. The minimum atomic E-state index is -0.0393. The average molecular weight is 306 g/mol. The third kappa shape index (κ3) is 4.63. The van der Waals surface area contributed by atoms with Gasteiger partial charge in [-0.15, -0.1) is 6.58 Å². The maximum absolute atomic E-state index is 12.3. The van der Waals surface area contributed by atoms with Crippen LogP contribution in [0.4, 0.5) is 0 Å². The molecule has 0 saturated carbocycles. The van der Waals surface area contributed by atoms with Crippen molar-refractivity contribution in [1.29, 1.82) is 0 Å². The van der Waals surface area contributed by atoms with Gasteiger partial charge in [0, 0.05) is 25.7 Å². The quantitative estimate of drug-likeness (QED) is 0.693. The van der Waals surface area contributed by atoms with Gasteiger partial charge in [-0.2, -0.15) is 0 Å². The van der Waals surface area contributed by atoms with Crippen molar-refractivity contribution in [2.75, 3.05) is 33.7 Å². The van der Waals surface area contributed by atoms with E-state index in [1.54, 1.807) is 12.1 Å². The Morgan fingerprint density at radius 3 is 2.82 bits per heavy atom. The Hall–Kier alpha value is -1.75. The van der Waals surface area contributed by atoms with Crippen molar-refractivity contribution in [3.8, 4) is 5.95 Å². The smallest absolute Gasteiger partial charge is 0.289 e. The summed E-state index contributed by atoms with van der Waals surface area (Å²) in [5, 5.41) is 0. The predicted octanol–water partition coefficient (Wildman–Crippen LogP) is 2.79. The summed E-state index contributed by atoms with van der Waals surface area (Å²) in [4.78, 5) is 16.2. The third-order valence-electron chi connectivity index (χ3n) is 3.73. The number of allylic oxidation sites excluding steroid dienone is 1. The lowest BCUT2D eigenvalue weighted by Gasteiger charge is -2.20. The van der Waals surface area contributed by atoms with E-state index < -0.39 is 0 Å². The first-order chi connectivity index (χ1) is 10.6. The van der Waals surface area contributed by atoms with Crippen LogP contribution in [0, 0.1) is 0 Å². The molecule has 0 bridgehead atoms. The lowest BCUT2D eigenvalue weighted by molar-refractivity contribution is 0.0734. The molecule has 0 N–H and O–H groups in total. The first-order valence-corrected chi connectivity index (χ1v) is 7.91. The molecular weight excluding hydrogens is 280 g/mol. The molecule has 1 aliphatic heterocycles. The Morgan fingerprint density at radius 1 is 1.45 bits per heavy atom. The Kier molecular flexibility index (Phi) is 6.07. The number of likely N-dealkylation sites (tertiary alicyclic amines) is 1. The number of ether oxygens (including phenoxy) is 1. The molecule has 1 atom stereocenters. The number of carbonyl (C=O) groups is 1. The minimum absolute atomic E-state index is 0.0221. The molecule has 0 unspecified atom stereocenters. The fourth-order valence-corrected chi connectivity index (χ4v) is 2.64. The first kappa shape index (κ1) is 16.6. The monoisotopic (exact) mass is 306 g/mol. The molecule has 122 valence electrons. The maximum Gasteiger partial charge on any atom is 0.289 e. The minimum Gasteiger partial charge on any atom is -0.460 e. The van der Waals surface area contributed by atoms with Gasteiger partial charge in [-0.05, 0) is 45.8 Å². The fraction of sp³-hybridized carbons (Fsp3) is 0.588. The molecule has 0 radical (unpaired) electrons. The van der Waals surface area contributed by atoms with E-state index in [1.807, 2.05) is 25.1 Å². The molecule has 5 heteroatoms. The molecule has 1 fully saturated rings. The molecule has 0 spiro atoms. The van der Waals surface area contributed by atoms with Crippen molar-refractivity contribution in [1.82, 2.24) is 9.80 Å². The van der Waals surface area contributed by atoms with Gasteiger partial charge in [-0.25, -0.2) is 0 Å². The zero-order chi connectivity index (χ0) is 15.9. The van der Waals surface area contributed by atoms with Gasteiger partial charge in [0.15, 0.2) is 5.76 Å². The van der Waals surface area contributed by atoms with Gasteiger partial charge < -0.3 is 19.0 Å². The van der Waals surface area contributed by atoms with Crippen LogP contribution in [0.15, 0.2) is 29.2 Å². The SMILES string of the molecule is C=CCC[C@@H](CN(C)C)Oc1ccc(C(=O)N2CCCC2)o1. The number of hydrogen-bond acceptors (Lipinski definition) is 4. The van der Waals surface area contributed by atoms with E-state index in [0.717, 1.165) is 45.3 Å². The topological polar surface area (TPSA) is 45.9 Å². The summed E-state index contributed by atoms with van der Waals surface area (Å²) in [5.41, 5.74) is 0. The van der Waals surface area contributed by atoms with Crippen LogP contribution in [0.5, 0.6) is 5.95 Å². The highest BCUT2D eigenvalue weighted by Gasteiger charge is 2.23. The predicted molar refractivity (Wildman–Crippen MR) is 86.2 cm³/mol. The van der Waals surface area contributed by atoms with Crippen molar-refractivity contribution in [2.24, 2.45) is 0 Å². The molecular formula is C17H26N2O3. The fourth-order valence-electron chi connectivity index (χ4n) is 2.64. The van der Waals surface area contributed by atoms with E-state index >= 15 is 0 Å². The average Bonchev–Trinajstić information content (AvgIpc) is 3.15. The summed E-state index contributed by atoms with van der Waals surface area (Å²) < 4.78 is 11.5. The molecule has 0 aliphatic carbocycles. The molecule has 22 heavy (non-hydrogen) atoms. The number of rotatable bonds is 8. The van der Waals surface area contributed by atoms with E-state index in [4.69, 9.17) is 9.15 Å². The van der Waals surface area contributed by atoms with Crippen molar-refractivity contribution >= 4 is 5.91 Å². The van der Waals surface area contributed by atoms with Crippen molar-refractivity contribution in [2.45, 2.75) is 31.8 Å². The lowest BCUT2D eigenvalue weighted by Crippen LogP contribution is -2.30. The Labute approximate surface area is 132 Å². The van der Waals surface area contributed by atoms with Crippen LogP contribution in [0.25, 0.3) is 0 Å². The second kappa shape index (κ2) is 8.03. The van der Waals surface area contributed by atoms with Crippen molar-refractivity contribution in [3.63, 3.8) is 0 Å². The van der Waals surface area contributed by atoms with Crippen LogP contribution in [-0.2, 0) is 0 Å². The van der Waals surface area contributed by atoms with E-state index in [-0.39, 0.29) is 12.0 Å². The zero-order valence-electron chi connectivity index (χ0n) is 13.6. The third-order valence-corrected chi connectivity index (χ3v) is 3.73. The highest BCUT2D eigenvalue weighted by molar-refractivity contribution is 5.91. The van der Waals surface area contributed by atoms with Gasteiger partial charge in [0.1, 0.15) is 6.10 Å². The van der Waals surface area contributed by atoms with Gasteiger partial charge >= 0.3 is 0 Å². The molecule has 2 rings (SSSR count). The number of hydrogen-bond donors (Lipinski definition) is 0. The largest absolute Gasteiger partial charge is 0.460 e. The van der Waals surface area contributed by atoms with Gasteiger partial charge in [0.05, 0.1) is 0 Å². The summed E-state index contributed by atoms with van der Waals surface area (Å²) in [6.07, 6.45) is 5.81. The summed E-state index contributed by atoms with van der Waals surface area (Å²) in [6, 6.07) is 3.44. The highest BCUT2D eigenvalue weighted by Crippen LogP contribution is 2.21. The van der Waals surface area contributed by atoms with Crippen molar-refractivity contribution < 1.29 is 13.9 Å². The van der Waals surface area contributed by atoms with Gasteiger partial charge in [0.2, 0.25) is 0 Å². The number of likely N-dealkylation sites (N-methyl/N-ethyl adjacent to an activating group) is 1. The summed E-state index contributed by atoms with van der Waals surface area (Å²) >= 11 is 0. The van der Waals surface area contributed by atoms with Crippen LogP contribution in [0.3, 0.4) is 0 Å². The Balaban J connectivity index is 1.96. The summed E-state index contributed by atoms with van der Waals surface area (Å²) in [5.74, 6) is 0.741. The normalized spacial score (nSPS) is 16.0. The van der Waals surface area contributed by atoms with Crippen LogP contribution >= 0.6 is 0 Å². The standard InChI is InChI=1S/C17H26N2O3/c1-4-5-8-14(13-18(2)3)21-16-10-9-15(22-16)17(20)19-11-6-7-12-19/h4,9-10,14H,1,5-8,11-13H2,2-3H3/t14-/m0/s1. The molecule has 2 heterocycles. The second-order valence-electron chi connectivity index (χ2n) is 5.99. The van der Waals surface area contributed by atoms with Gasteiger partial charge in [-0.1, -0.05) is 6.08 Å². The van der Waals surface area contributed by atoms with Gasteiger partial charge in [0.25, 0.3) is 11.9 Å². The van der Waals surface area contributed by atoms with Crippen molar-refractivity contribution in [3.05, 3.63) is 30.5 Å². The second-order valence-corrected chi connectivity index (χ2v) is 5.99. The Morgan fingerprint density at radius 2 is 2.18 bits per heavy atom. The number of amides is 1. The first-order valence-electron chi connectivity index (χ1n) is 7.91. The van der Waals surface area contributed by atoms with Crippen LogP contribution < -0.4 is 4.74 Å². The van der Waals surface area contributed by atoms with E-state index in [0.29, 0.717) is 11.7 Å². The Bertz CT molecular complexity index is 490. The van der Waals surface area contributed by atoms with Gasteiger partial charge in [-0.3, -0.25) is 4.79 Å². The van der Waals surface area contributed by atoms with E-state index in [2.05, 4.69) is 11.5 Å². The molecule has 1 aliphatic rings. The van der Waals surface area contributed by atoms with E-state index in [9.17, 15) is 4.79 Å². The lowest BCUT2D eigenvalue weighted by atomic mass is 10.2. The summed E-state index contributed by atoms with van der Waals surface area (Å²) in [7, 11) is 4.02. The number of carbonyl (C=O) groups excluding carboxylic acids is 1. The molecule has 1 aromatic rings. The zero-order valence-corrected chi connectivity index (χ0v) is 13.6. The molecule has 1 amide bonds.